The maximum atomic E-state index is 12.5. The summed E-state index contributed by atoms with van der Waals surface area (Å²) in [6.45, 7) is 12.6. The van der Waals surface area contributed by atoms with Crippen LogP contribution in [0.2, 0.25) is 0 Å². The van der Waals surface area contributed by atoms with Gasteiger partial charge in [0.05, 0.1) is 0 Å². The van der Waals surface area contributed by atoms with Gasteiger partial charge in [0.1, 0.15) is 12.2 Å². The summed E-state index contributed by atoms with van der Waals surface area (Å²) in [5, 5.41) is 20.6. The maximum absolute atomic E-state index is 12.5. The first-order valence-electron chi connectivity index (χ1n) is 11.8. The lowest BCUT2D eigenvalue weighted by molar-refractivity contribution is -0.185. The summed E-state index contributed by atoms with van der Waals surface area (Å²) in [5.41, 5.74) is 0. The van der Waals surface area contributed by atoms with Gasteiger partial charge in [-0.05, 0) is 61.2 Å². The predicted octanol–water partition coefficient (Wildman–Crippen LogP) is 3.72. The molecule has 2 fully saturated rings. The van der Waals surface area contributed by atoms with E-state index in [2.05, 4.69) is 41.5 Å². The van der Waals surface area contributed by atoms with Crippen molar-refractivity contribution in [3.8, 4) is 0 Å². The van der Waals surface area contributed by atoms with Gasteiger partial charge in [-0.3, -0.25) is 0 Å². The van der Waals surface area contributed by atoms with Gasteiger partial charge in [0.25, 0.3) is 0 Å². The molecule has 0 aromatic carbocycles. The van der Waals surface area contributed by atoms with Crippen molar-refractivity contribution in [3.63, 3.8) is 0 Å². The first-order chi connectivity index (χ1) is 14.0. The number of hydrogen-bond donors (Lipinski definition) is 2. The third-order valence-electron chi connectivity index (χ3n) is 7.24. The molecule has 6 nitrogen and oxygen atoms in total. The van der Waals surface area contributed by atoms with E-state index in [0.29, 0.717) is 23.7 Å². The van der Waals surface area contributed by atoms with Crippen molar-refractivity contribution in [3.05, 3.63) is 0 Å². The number of aliphatic hydroxyl groups is 2. The first kappa shape index (κ1) is 25.1. The van der Waals surface area contributed by atoms with E-state index in [0.717, 1.165) is 38.5 Å². The average Bonchev–Trinajstić information content (AvgIpc) is 2.66. The standard InChI is InChI=1S/C24H42O6/c1-13(2)17-9-7-15(5)11-19(17)29-23(27)21(25)22(26)24(28)30-20-12-16(6)8-10-18(20)14(3)4/h13-22,25-26H,7-12H2,1-6H3/t15-,16+,17-,18+,19-,20-,21+,22-/m1/s1. The van der Waals surface area contributed by atoms with Crippen LogP contribution in [0.3, 0.4) is 0 Å². The molecule has 174 valence electrons. The Morgan fingerprint density at radius 3 is 1.33 bits per heavy atom. The monoisotopic (exact) mass is 426 g/mol. The van der Waals surface area contributed by atoms with Crippen molar-refractivity contribution in [2.45, 2.75) is 104 Å². The van der Waals surface area contributed by atoms with Gasteiger partial charge in [0.15, 0.2) is 12.2 Å². The van der Waals surface area contributed by atoms with Crippen molar-refractivity contribution in [1.29, 1.82) is 0 Å². The van der Waals surface area contributed by atoms with Crippen molar-refractivity contribution < 1.29 is 29.3 Å². The van der Waals surface area contributed by atoms with Crippen LogP contribution in [0.1, 0.15) is 80.1 Å². The van der Waals surface area contributed by atoms with E-state index in [1.807, 2.05) is 0 Å². The molecule has 0 saturated heterocycles. The Morgan fingerprint density at radius 2 is 1.03 bits per heavy atom. The molecular formula is C24H42O6. The smallest absolute Gasteiger partial charge is 0.338 e. The molecule has 2 N–H and O–H groups in total. The molecule has 2 saturated carbocycles. The molecule has 0 unspecified atom stereocenters. The Kier molecular flexibility index (Phi) is 9.16. The molecule has 0 amide bonds. The summed E-state index contributed by atoms with van der Waals surface area (Å²) in [6.07, 6.45) is 1.11. The lowest BCUT2D eigenvalue weighted by atomic mass is 9.75. The van der Waals surface area contributed by atoms with Gasteiger partial charge in [0.2, 0.25) is 0 Å². The normalized spacial score (nSPS) is 34.5. The van der Waals surface area contributed by atoms with Crippen LogP contribution in [0.4, 0.5) is 0 Å². The molecule has 0 heterocycles. The van der Waals surface area contributed by atoms with Gasteiger partial charge in [-0.25, -0.2) is 9.59 Å². The highest BCUT2D eigenvalue weighted by Gasteiger charge is 2.40. The summed E-state index contributed by atoms with van der Waals surface area (Å²) in [6, 6.07) is 0. The summed E-state index contributed by atoms with van der Waals surface area (Å²) in [4.78, 5) is 25.0. The number of aliphatic hydroxyl groups excluding tert-OH is 2. The molecule has 2 aliphatic carbocycles. The zero-order valence-electron chi connectivity index (χ0n) is 19.5. The Balaban J connectivity index is 1.96. The summed E-state index contributed by atoms with van der Waals surface area (Å²) in [5.74, 6) is 0.126. The minimum absolute atomic E-state index is 0.219. The van der Waals surface area contributed by atoms with Crippen LogP contribution in [0.15, 0.2) is 0 Å². The highest BCUT2D eigenvalue weighted by Crippen LogP contribution is 2.37. The van der Waals surface area contributed by atoms with Gasteiger partial charge < -0.3 is 19.7 Å². The Hall–Kier alpha value is -1.14. The lowest BCUT2D eigenvalue weighted by Gasteiger charge is -2.38. The maximum Gasteiger partial charge on any atom is 0.338 e. The molecule has 8 atom stereocenters. The van der Waals surface area contributed by atoms with Gasteiger partial charge >= 0.3 is 11.9 Å². The molecule has 2 aliphatic rings. The molecule has 0 radical (unpaired) electrons. The van der Waals surface area contributed by atoms with Crippen LogP contribution >= 0.6 is 0 Å². The molecule has 2 rings (SSSR count). The van der Waals surface area contributed by atoms with E-state index in [4.69, 9.17) is 9.47 Å². The summed E-state index contributed by atoms with van der Waals surface area (Å²) in [7, 11) is 0. The van der Waals surface area contributed by atoms with E-state index < -0.39 is 24.1 Å². The molecular weight excluding hydrogens is 384 g/mol. The van der Waals surface area contributed by atoms with Crippen molar-refractivity contribution in [1.82, 2.24) is 0 Å². The van der Waals surface area contributed by atoms with Crippen LogP contribution in [0.5, 0.6) is 0 Å². The highest BCUT2D eigenvalue weighted by molar-refractivity contribution is 5.85. The predicted molar refractivity (Wildman–Crippen MR) is 114 cm³/mol. The minimum Gasteiger partial charge on any atom is -0.460 e. The van der Waals surface area contributed by atoms with Crippen LogP contribution in [-0.4, -0.2) is 46.6 Å². The van der Waals surface area contributed by atoms with E-state index in [9.17, 15) is 19.8 Å². The quantitative estimate of drug-likeness (QED) is 0.603. The van der Waals surface area contributed by atoms with Gasteiger partial charge in [-0.1, -0.05) is 54.4 Å². The topological polar surface area (TPSA) is 93.1 Å². The van der Waals surface area contributed by atoms with Gasteiger partial charge in [-0.2, -0.15) is 0 Å². The molecule has 0 bridgehead atoms. The molecule has 30 heavy (non-hydrogen) atoms. The fourth-order valence-corrected chi connectivity index (χ4v) is 5.20. The Bertz CT molecular complexity index is 524. The number of hydrogen-bond acceptors (Lipinski definition) is 6. The van der Waals surface area contributed by atoms with E-state index in [1.165, 1.54) is 0 Å². The number of rotatable bonds is 7. The molecule has 0 aromatic rings. The van der Waals surface area contributed by atoms with Gasteiger partial charge in [-0.15, -0.1) is 0 Å². The van der Waals surface area contributed by atoms with Crippen LogP contribution in [0.25, 0.3) is 0 Å². The number of esters is 2. The first-order valence-corrected chi connectivity index (χ1v) is 11.8. The van der Waals surface area contributed by atoms with Crippen molar-refractivity contribution in [2.24, 2.45) is 35.5 Å². The average molecular weight is 427 g/mol. The second kappa shape index (κ2) is 10.9. The zero-order valence-corrected chi connectivity index (χ0v) is 19.5. The molecule has 0 spiro atoms. The lowest BCUT2D eigenvalue weighted by Crippen LogP contribution is -2.47. The van der Waals surface area contributed by atoms with E-state index in [-0.39, 0.29) is 24.0 Å². The third-order valence-corrected chi connectivity index (χ3v) is 7.24. The van der Waals surface area contributed by atoms with E-state index in [1.54, 1.807) is 0 Å². The van der Waals surface area contributed by atoms with Crippen LogP contribution < -0.4 is 0 Å². The molecule has 0 aromatic heterocycles. The number of ether oxygens (including phenoxy) is 2. The Labute approximate surface area is 181 Å². The number of carbonyl (C=O) groups excluding carboxylic acids is 2. The fraction of sp³-hybridized carbons (Fsp3) is 0.917. The summed E-state index contributed by atoms with van der Waals surface area (Å²) < 4.78 is 11.2. The molecule has 0 aliphatic heterocycles. The van der Waals surface area contributed by atoms with E-state index >= 15 is 0 Å². The van der Waals surface area contributed by atoms with Crippen molar-refractivity contribution in [2.75, 3.05) is 0 Å². The third kappa shape index (κ3) is 6.43. The second-order valence-corrected chi connectivity index (χ2v) is 10.5. The fourth-order valence-electron chi connectivity index (χ4n) is 5.20. The highest BCUT2D eigenvalue weighted by atomic mass is 16.6. The van der Waals surface area contributed by atoms with Crippen LogP contribution in [-0.2, 0) is 19.1 Å². The second-order valence-electron chi connectivity index (χ2n) is 10.5. The minimum atomic E-state index is -1.93. The molecule has 6 heteroatoms. The number of carbonyl (C=O) groups is 2. The van der Waals surface area contributed by atoms with Gasteiger partial charge in [0, 0.05) is 0 Å². The zero-order chi connectivity index (χ0) is 22.6. The SMILES string of the molecule is CC(C)[C@H]1CC[C@@H](C)C[C@H]1OC(=O)[C@@H](O)[C@@H](O)C(=O)O[C@@H]1C[C@@H](C)CC[C@H]1C(C)C. The largest absolute Gasteiger partial charge is 0.460 e. The summed E-state index contributed by atoms with van der Waals surface area (Å²) >= 11 is 0. The van der Waals surface area contributed by atoms with Crippen molar-refractivity contribution >= 4 is 11.9 Å². The Morgan fingerprint density at radius 1 is 0.700 bits per heavy atom. The van der Waals surface area contributed by atoms with Crippen LogP contribution in [0, 0.1) is 35.5 Å².